The molecule has 5 rings (SSSR count). The third-order valence-corrected chi connectivity index (χ3v) is 8.75. The number of hydrogen-bond donors (Lipinski definition) is 0. The standard InChI is InChI=1S/C26H27O4/c1-24(2)17-12-13-25(24,3)26(14-17,30-16-27)23(28)29-15-22-20-10-6-4-8-18(20)19-9-5-7-11-21(19)22/h4-11,17,22H,12-15H2,1-3H3. The van der Waals surface area contributed by atoms with Crippen LogP contribution in [0.3, 0.4) is 0 Å². The topological polar surface area (TPSA) is 52.6 Å². The van der Waals surface area contributed by atoms with Crippen molar-refractivity contribution < 1.29 is 19.1 Å². The van der Waals surface area contributed by atoms with Crippen LogP contribution >= 0.6 is 0 Å². The molecule has 0 amide bonds. The van der Waals surface area contributed by atoms with Crippen LogP contribution in [0.2, 0.25) is 0 Å². The number of ether oxygens (including phenoxy) is 2. The molecule has 3 atom stereocenters. The number of carbonyl (C=O) groups excluding carboxylic acids is 2. The molecule has 0 aliphatic heterocycles. The third-order valence-electron chi connectivity index (χ3n) is 8.75. The molecular weight excluding hydrogens is 376 g/mol. The predicted octanol–water partition coefficient (Wildman–Crippen LogP) is 5.01. The number of carbonyl (C=O) groups is 1. The van der Waals surface area contributed by atoms with Gasteiger partial charge in [-0.3, -0.25) is 0 Å². The minimum Gasteiger partial charge on any atom is -0.462 e. The van der Waals surface area contributed by atoms with Crippen LogP contribution in [0.5, 0.6) is 0 Å². The van der Waals surface area contributed by atoms with E-state index in [0.717, 1.165) is 12.8 Å². The van der Waals surface area contributed by atoms with Crippen molar-refractivity contribution in [2.24, 2.45) is 16.7 Å². The van der Waals surface area contributed by atoms with Crippen LogP contribution in [-0.2, 0) is 19.1 Å². The summed E-state index contributed by atoms with van der Waals surface area (Å²) in [5.41, 5.74) is 2.91. The van der Waals surface area contributed by atoms with Crippen molar-refractivity contribution >= 4 is 12.4 Å². The highest BCUT2D eigenvalue weighted by Crippen LogP contribution is 2.70. The van der Waals surface area contributed by atoms with E-state index in [-0.39, 0.29) is 17.9 Å². The van der Waals surface area contributed by atoms with Gasteiger partial charge in [-0.05, 0) is 46.4 Å². The van der Waals surface area contributed by atoms with Crippen molar-refractivity contribution in [1.82, 2.24) is 0 Å². The van der Waals surface area contributed by atoms with Gasteiger partial charge in [0.1, 0.15) is 6.61 Å². The second-order valence-corrected chi connectivity index (χ2v) is 9.83. The summed E-state index contributed by atoms with van der Waals surface area (Å²) in [6.45, 7) is 8.25. The van der Waals surface area contributed by atoms with Gasteiger partial charge in [0.05, 0.1) is 0 Å². The Balaban J connectivity index is 1.45. The van der Waals surface area contributed by atoms with Crippen LogP contribution in [0.25, 0.3) is 11.1 Å². The maximum Gasteiger partial charge on any atom is 0.418 e. The fourth-order valence-electron chi connectivity index (χ4n) is 6.54. The van der Waals surface area contributed by atoms with Gasteiger partial charge in [-0.1, -0.05) is 69.3 Å². The van der Waals surface area contributed by atoms with Gasteiger partial charge in [-0.15, -0.1) is 0 Å². The highest BCUT2D eigenvalue weighted by atomic mass is 16.6. The van der Waals surface area contributed by atoms with E-state index in [1.165, 1.54) is 22.3 Å². The molecule has 3 aliphatic carbocycles. The Morgan fingerprint density at radius 3 is 2.13 bits per heavy atom. The van der Waals surface area contributed by atoms with E-state index in [1.807, 2.05) is 24.3 Å². The summed E-state index contributed by atoms with van der Waals surface area (Å²) in [6.07, 6.45) is 2.41. The molecule has 4 nitrogen and oxygen atoms in total. The monoisotopic (exact) mass is 403 g/mol. The second-order valence-electron chi connectivity index (χ2n) is 9.83. The molecule has 0 heterocycles. The first kappa shape index (κ1) is 19.3. The van der Waals surface area contributed by atoms with E-state index in [2.05, 4.69) is 45.0 Å². The molecule has 3 unspecified atom stereocenters. The van der Waals surface area contributed by atoms with Gasteiger partial charge in [0, 0.05) is 17.8 Å². The summed E-state index contributed by atoms with van der Waals surface area (Å²) < 4.78 is 11.4. The van der Waals surface area contributed by atoms with Gasteiger partial charge in [0.2, 0.25) is 5.60 Å². The van der Waals surface area contributed by atoms with Crippen molar-refractivity contribution in [2.75, 3.05) is 6.61 Å². The van der Waals surface area contributed by atoms with E-state index in [4.69, 9.17) is 9.47 Å². The first-order valence-corrected chi connectivity index (χ1v) is 10.8. The summed E-state index contributed by atoms with van der Waals surface area (Å²) in [7, 11) is 0. The van der Waals surface area contributed by atoms with Gasteiger partial charge in [0.15, 0.2) is 0 Å². The summed E-state index contributed by atoms with van der Waals surface area (Å²) >= 11 is 0. The van der Waals surface area contributed by atoms with Crippen LogP contribution in [0.4, 0.5) is 0 Å². The maximum absolute atomic E-state index is 13.5. The van der Waals surface area contributed by atoms with E-state index in [9.17, 15) is 9.59 Å². The molecule has 3 aliphatic rings. The lowest BCUT2D eigenvalue weighted by Crippen LogP contribution is -2.55. The summed E-state index contributed by atoms with van der Waals surface area (Å²) in [4.78, 5) is 24.8. The van der Waals surface area contributed by atoms with Crippen molar-refractivity contribution in [1.29, 1.82) is 0 Å². The quantitative estimate of drug-likeness (QED) is 0.659. The summed E-state index contributed by atoms with van der Waals surface area (Å²) in [5.74, 6) is -0.111. The van der Waals surface area contributed by atoms with Crippen molar-refractivity contribution in [3.63, 3.8) is 0 Å². The largest absolute Gasteiger partial charge is 0.462 e. The smallest absolute Gasteiger partial charge is 0.418 e. The Bertz CT molecular complexity index is 980. The molecule has 155 valence electrons. The van der Waals surface area contributed by atoms with E-state index in [0.29, 0.717) is 12.3 Å². The van der Waals surface area contributed by atoms with Crippen LogP contribution in [0.15, 0.2) is 48.5 Å². The number of fused-ring (bicyclic) bond motifs is 5. The number of esters is 1. The summed E-state index contributed by atoms with van der Waals surface area (Å²) in [6, 6.07) is 16.5. The van der Waals surface area contributed by atoms with Gasteiger partial charge in [0.25, 0.3) is 0 Å². The fraction of sp³-hybridized carbons (Fsp3) is 0.462. The minimum atomic E-state index is -1.25. The molecule has 1 radical (unpaired) electrons. The molecule has 2 aromatic rings. The predicted molar refractivity (Wildman–Crippen MR) is 113 cm³/mol. The number of hydrogen-bond acceptors (Lipinski definition) is 4. The molecule has 2 aromatic carbocycles. The first-order valence-electron chi connectivity index (χ1n) is 10.8. The van der Waals surface area contributed by atoms with Crippen LogP contribution in [0.1, 0.15) is 57.1 Å². The van der Waals surface area contributed by atoms with Gasteiger partial charge in [-0.2, -0.15) is 0 Å². The number of rotatable bonds is 5. The van der Waals surface area contributed by atoms with E-state index >= 15 is 0 Å². The van der Waals surface area contributed by atoms with E-state index in [1.54, 1.807) is 6.47 Å². The zero-order chi connectivity index (χ0) is 21.1. The average molecular weight is 403 g/mol. The molecule has 0 aromatic heterocycles. The normalized spacial score (nSPS) is 30.6. The van der Waals surface area contributed by atoms with Gasteiger partial charge in [-0.25, -0.2) is 9.59 Å². The lowest BCUT2D eigenvalue weighted by Gasteiger charge is -2.44. The first-order chi connectivity index (χ1) is 14.4. The van der Waals surface area contributed by atoms with Crippen LogP contribution < -0.4 is 0 Å². The highest BCUT2D eigenvalue weighted by Gasteiger charge is 2.74. The van der Waals surface area contributed by atoms with Crippen LogP contribution in [0, 0.1) is 16.7 Å². The maximum atomic E-state index is 13.5. The molecule has 0 spiro atoms. The molecule has 0 N–H and O–H groups in total. The van der Waals surface area contributed by atoms with E-state index < -0.39 is 17.0 Å². The Labute approximate surface area is 177 Å². The van der Waals surface area contributed by atoms with Crippen LogP contribution in [-0.4, -0.2) is 24.6 Å². The molecule has 4 heteroatoms. The number of benzene rings is 2. The molecule has 30 heavy (non-hydrogen) atoms. The molecule has 0 saturated heterocycles. The zero-order valence-corrected chi connectivity index (χ0v) is 17.7. The lowest BCUT2D eigenvalue weighted by molar-refractivity contribution is -0.180. The zero-order valence-electron chi connectivity index (χ0n) is 17.7. The van der Waals surface area contributed by atoms with Crippen molar-refractivity contribution in [2.45, 2.75) is 51.6 Å². The Kier molecular flexibility index (Phi) is 4.15. The van der Waals surface area contributed by atoms with Gasteiger partial charge < -0.3 is 9.47 Å². The minimum absolute atomic E-state index is 0.0157. The summed E-state index contributed by atoms with van der Waals surface area (Å²) in [5, 5.41) is 0. The second kappa shape index (κ2) is 6.44. The molecular formula is C26H27O4. The molecule has 2 saturated carbocycles. The average Bonchev–Trinajstić information content (AvgIpc) is 3.24. The molecule has 2 bridgehead atoms. The van der Waals surface area contributed by atoms with Crippen molar-refractivity contribution in [3.8, 4) is 11.1 Å². The Hall–Kier alpha value is -2.62. The SMILES string of the molecule is CC1(C)C2CCC1(C)C(O[C]=O)(C(=O)OCC1c3ccccc3-c3ccccc31)C2. The van der Waals surface area contributed by atoms with Crippen molar-refractivity contribution in [3.05, 3.63) is 59.7 Å². The highest BCUT2D eigenvalue weighted by molar-refractivity contribution is 5.84. The Morgan fingerprint density at radius 1 is 1.03 bits per heavy atom. The van der Waals surface area contributed by atoms with Gasteiger partial charge >= 0.3 is 12.4 Å². The lowest BCUT2D eigenvalue weighted by atomic mass is 9.64. The Morgan fingerprint density at radius 2 is 1.63 bits per heavy atom. The molecule has 2 fully saturated rings. The fourth-order valence-corrected chi connectivity index (χ4v) is 6.54. The third kappa shape index (κ3) is 2.28.